The molecule has 2 aromatic rings. The Balaban J connectivity index is 2.06. The molecule has 0 radical (unpaired) electrons. The van der Waals surface area contributed by atoms with Gasteiger partial charge in [0.05, 0.1) is 4.90 Å². The lowest BCUT2D eigenvalue weighted by Crippen LogP contribution is -2.13. The van der Waals surface area contributed by atoms with Crippen LogP contribution in [-0.2, 0) is 10.0 Å². The van der Waals surface area contributed by atoms with Crippen LogP contribution < -0.4 is 10.0 Å². The lowest BCUT2D eigenvalue weighted by Gasteiger charge is -2.08. The molecule has 0 aliphatic rings. The number of hydrogen-bond acceptors (Lipinski definition) is 5. The van der Waals surface area contributed by atoms with Gasteiger partial charge in [-0.2, -0.15) is 0 Å². The normalized spacial score (nSPS) is 11.3. The van der Waals surface area contributed by atoms with Crippen LogP contribution >= 0.6 is 0 Å². The molecule has 0 amide bonds. The van der Waals surface area contributed by atoms with Crippen molar-refractivity contribution < 1.29 is 12.9 Å². The van der Waals surface area contributed by atoms with Crippen LogP contribution in [0, 0.1) is 6.92 Å². The van der Waals surface area contributed by atoms with Gasteiger partial charge in [0.25, 0.3) is 10.0 Å². The van der Waals surface area contributed by atoms with Gasteiger partial charge in [-0.15, -0.1) is 0 Å². The molecule has 0 atom stereocenters. The van der Waals surface area contributed by atoms with E-state index in [1.807, 2.05) is 0 Å². The Morgan fingerprint density at radius 3 is 2.52 bits per heavy atom. The monoisotopic (exact) mass is 309 g/mol. The molecule has 1 heterocycles. The van der Waals surface area contributed by atoms with Gasteiger partial charge in [-0.25, -0.2) is 8.42 Å². The second-order valence-corrected chi connectivity index (χ2v) is 6.42. The van der Waals surface area contributed by atoms with Gasteiger partial charge in [0.2, 0.25) is 0 Å². The zero-order valence-corrected chi connectivity index (χ0v) is 12.9. The second-order valence-electron chi connectivity index (χ2n) is 4.73. The number of hydrogen-bond donors (Lipinski definition) is 2. The first-order chi connectivity index (χ1) is 10.0. The highest BCUT2D eigenvalue weighted by Gasteiger charge is 2.15. The van der Waals surface area contributed by atoms with Gasteiger partial charge < -0.3 is 9.84 Å². The number of rotatable bonds is 7. The van der Waals surface area contributed by atoms with Gasteiger partial charge in [-0.3, -0.25) is 4.72 Å². The fourth-order valence-electron chi connectivity index (χ4n) is 1.77. The first-order valence-corrected chi connectivity index (χ1v) is 8.29. The number of benzene rings is 1. The minimum atomic E-state index is -3.64. The summed E-state index contributed by atoms with van der Waals surface area (Å²) in [6.07, 6.45) is 2.19. The van der Waals surface area contributed by atoms with Gasteiger partial charge in [0.15, 0.2) is 5.82 Å². The second kappa shape index (κ2) is 6.62. The molecule has 2 rings (SSSR count). The molecule has 0 spiro atoms. The van der Waals surface area contributed by atoms with Crippen molar-refractivity contribution in [2.45, 2.75) is 31.6 Å². The first kappa shape index (κ1) is 15.4. The Bertz CT molecular complexity index is 678. The van der Waals surface area contributed by atoms with Crippen LogP contribution in [0.1, 0.15) is 25.5 Å². The van der Waals surface area contributed by atoms with Crippen molar-refractivity contribution in [1.29, 1.82) is 0 Å². The summed E-state index contributed by atoms with van der Waals surface area (Å²) in [6, 6.07) is 8.14. The minimum absolute atomic E-state index is 0.178. The maximum Gasteiger partial charge on any atom is 0.263 e. The van der Waals surface area contributed by atoms with Crippen molar-refractivity contribution in [2.24, 2.45) is 0 Å². The van der Waals surface area contributed by atoms with Crippen LogP contribution in [0.25, 0.3) is 0 Å². The van der Waals surface area contributed by atoms with Crippen molar-refractivity contribution in [1.82, 2.24) is 5.16 Å². The summed E-state index contributed by atoms with van der Waals surface area (Å²) < 4.78 is 31.5. The maximum absolute atomic E-state index is 12.2. The number of unbranched alkanes of at least 4 members (excludes halogenated alkanes) is 1. The topological polar surface area (TPSA) is 84.2 Å². The standard InChI is InChI=1S/C14H19N3O3S/c1-3-4-9-15-12-5-7-13(8-6-12)21(18,19)17-14-10-11(2)20-16-14/h5-8,10,15H,3-4,9H2,1-2H3,(H,16,17). The van der Waals surface area contributed by atoms with Gasteiger partial charge in [0.1, 0.15) is 5.76 Å². The summed E-state index contributed by atoms with van der Waals surface area (Å²) in [7, 11) is -3.64. The highest BCUT2D eigenvalue weighted by atomic mass is 32.2. The summed E-state index contributed by atoms with van der Waals surface area (Å²) >= 11 is 0. The SMILES string of the molecule is CCCCNc1ccc(S(=O)(=O)Nc2cc(C)on2)cc1. The third-order valence-corrected chi connectivity index (χ3v) is 4.26. The molecule has 0 bridgehead atoms. The van der Waals surface area contributed by atoms with Crippen LogP contribution in [0.15, 0.2) is 39.8 Å². The Morgan fingerprint density at radius 2 is 1.95 bits per heavy atom. The van der Waals surface area contributed by atoms with E-state index in [-0.39, 0.29) is 10.7 Å². The Kier molecular flexibility index (Phi) is 4.85. The molecule has 1 aromatic heterocycles. The molecule has 0 aliphatic heterocycles. The fourth-order valence-corrected chi connectivity index (χ4v) is 2.76. The molecular weight excluding hydrogens is 290 g/mol. The molecule has 21 heavy (non-hydrogen) atoms. The summed E-state index contributed by atoms with van der Waals surface area (Å²) in [4.78, 5) is 0.184. The third-order valence-electron chi connectivity index (χ3n) is 2.89. The molecule has 1 aromatic carbocycles. The molecule has 114 valence electrons. The fraction of sp³-hybridized carbons (Fsp3) is 0.357. The van der Waals surface area contributed by atoms with Crippen molar-refractivity contribution >= 4 is 21.5 Å². The van der Waals surface area contributed by atoms with Gasteiger partial charge in [-0.05, 0) is 37.6 Å². The molecule has 2 N–H and O–H groups in total. The first-order valence-electron chi connectivity index (χ1n) is 6.81. The van der Waals surface area contributed by atoms with E-state index in [1.165, 1.54) is 6.07 Å². The van der Waals surface area contributed by atoms with Crippen molar-refractivity contribution in [3.63, 3.8) is 0 Å². The van der Waals surface area contributed by atoms with Crippen LogP contribution in [0.2, 0.25) is 0 Å². The maximum atomic E-state index is 12.2. The molecule has 6 nitrogen and oxygen atoms in total. The van der Waals surface area contributed by atoms with E-state index in [0.29, 0.717) is 5.76 Å². The zero-order valence-electron chi connectivity index (χ0n) is 12.1. The number of nitrogens with zero attached hydrogens (tertiary/aromatic N) is 1. The number of sulfonamides is 1. The summed E-state index contributed by atoms with van der Waals surface area (Å²) in [5.74, 6) is 0.723. The Morgan fingerprint density at radius 1 is 1.24 bits per heavy atom. The van der Waals surface area contributed by atoms with Crippen LogP contribution in [0.4, 0.5) is 11.5 Å². The van der Waals surface area contributed by atoms with Gasteiger partial charge in [-0.1, -0.05) is 18.5 Å². The highest BCUT2D eigenvalue weighted by molar-refractivity contribution is 7.92. The van der Waals surface area contributed by atoms with Gasteiger partial charge in [0, 0.05) is 18.3 Å². The highest BCUT2D eigenvalue weighted by Crippen LogP contribution is 2.18. The number of aryl methyl sites for hydroxylation is 1. The Hall–Kier alpha value is -2.02. The van der Waals surface area contributed by atoms with E-state index < -0.39 is 10.0 Å². The van der Waals surface area contributed by atoms with Crippen molar-refractivity contribution in [3.05, 3.63) is 36.1 Å². The van der Waals surface area contributed by atoms with E-state index in [1.54, 1.807) is 31.2 Å². The summed E-state index contributed by atoms with van der Waals surface area (Å²) in [5.41, 5.74) is 0.902. The third kappa shape index (κ3) is 4.22. The summed E-state index contributed by atoms with van der Waals surface area (Å²) in [5, 5.41) is 6.85. The van der Waals surface area contributed by atoms with Crippen LogP contribution in [0.5, 0.6) is 0 Å². The van der Waals surface area contributed by atoms with Crippen LogP contribution in [0.3, 0.4) is 0 Å². The van der Waals surface area contributed by atoms with Gasteiger partial charge >= 0.3 is 0 Å². The van der Waals surface area contributed by atoms with E-state index in [9.17, 15) is 8.42 Å². The molecule has 0 fully saturated rings. The lowest BCUT2D eigenvalue weighted by molar-refractivity contribution is 0.400. The molecule has 0 unspecified atom stereocenters. The number of anilines is 2. The predicted octanol–water partition coefficient (Wildman–Crippen LogP) is 3.00. The molecule has 0 saturated carbocycles. The quantitative estimate of drug-likeness (QED) is 0.768. The molecule has 0 aliphatic carbocycles. The lowest BCUT2D eigenvalue weighted by atomic mass is 10.3. The molecule has 0 saturated heterocycles. The van der Waals surface area contributed by atoms with Crippen molar-refractivity contribution in [3.8, 4) is 0 Å². The predicted molar refractivity (Wildman–Crippen MR) is 81.9 cm³/mol. The van der Waals surface area contributed by atoms with E-state index in [0.717, 1.165) is 25.1 Å². The number of aromatic nitrogens is 1. The van der Waals surface area contributed by atoms with Crippen molar-refractivity contribution in [2.75, 3.05) is 16.6 Å². The molecule has 7 heteroatoms. The number of nitrogens with one attached hydrogen (secondary N) is 2. The average Bonchev–Trinajstić information content (AvgIpc) is 2.84. The van der Waals surface area contributed by atoms with Crippen LogP contribution in [-0.4, -0.2) is 20.1 Å². The largest absolute Gasteiger partial charge is 0.385 e. The Labute approximate surface area is 124 Å². The smallest absolute Gasteiger partial charge is 0.263 e. The van der Waals surface area contributed by atoms with E-state index in [4.69, 9.17) is 4.52 Å². The minimum Gasteiger partial charge on any atom is -0.385 e. The molecular formula is C14H19N3O3S. The summed E-state index contributed by atoms with van der Waals surface area (Å²) in [6.45, 7) is 4.69. The van der Waals surface area contributed by atoms with E-state index >= 15 is 0 Å². The zero-order chi connectivity index (χ0) is 15.3. The average molecular weight is 309 g/mol. The van der Waals surface area contributed by atoms with E-state index in [2.05, 4.69) is 22.1 Å².